The number of rotatable bonds is 9. The normalized spacial score (nSPS) is 17.0. The molecule has 0 atom stereocenters. The molecule has 2 aromatic rings. The number of aryl methyl sites for hydroxylation is 1. The van der Waals surface area contributed by atoms with Gasteiger partial charge in [-0.3, -0.25) is 23.7 Å². The highest BCUT2D eigenvalue weighted by Gasteiger charge is 2.33. The first-order valence-electron chi connectivity index (χ1n) is 12.9. The molecule has 13 heteroatoms. The highest BCUT2D eigenvalue weighted by atomic mass is 32.2. The first-order chi connectivity index (χ1) is 18.7. The van der Waals surface area contributed by atoms with Gasteiger partial charge < -0.3 is 19.6 Å². The number of aliphatic carboxylic acids is 1. The molecule has 0 radical (unpaired) electrons. The lowest BCUT2D eigenvalue weighted by atomic mass is 10.2. The Bertz CT molecular complexity index is 1380. The van der Waals surface area contributed by atoms with E-state index in [9.17, 15) is 19.2 Å². The Morgan fingerprint density at radius 1 is 1.18 bits per heavy atom. The number of aromatic nitrogens is 2. The van der Waals surface area contributed by atoms with Gasteiger partial charge >= 0.3 is 12.1 Å². The smallest absolute Gasteiger partial charge is 0.409 e. The van der Waals surface area contributed by atoms with Gasteiger partial charge in [-0.15, -0.1) is 0 Å². The summed E-state index contributed by atoms with van der Waals surface area (Å²) in [7, 11) is 0. The van der Waals surface area contributed by atoms with Gasteiger partial charge in [0.05, 0.1) is 17.1 Å². The van der Waals surface area contributed by atoms with Crippen molar-refractivity contribution in [3.05, 3.63) is 44.7 Å². The molecule has 2 saturated heterocycles. The van der Waals surface area contributed by atoms with Crippen LogP contribution in [0.2, 0.25) is 0 Å². The summed E-state index contributed by atoms with van der Waals surface area (Å²) in [5, 5.41) is 8.81. The Kier molecular flexibility index (Phi) is 9.23. The zero-order valence-electron chi connectivity index (χ0n) is 21.9. The lowest BCUT2D eigenvalue weighted by Crippen LogP contribution is -2.49. The Balaban J connectivity index is 1.62. The average molecular weight is 574 g/mol. The van der Waals surface area contributed by atoms with E-state index in [0.29, 0.717) is 79.3 Å². The zero-order chi connectivity index (χ0) is 28.1. The average Bonchev–Trinajstić information content (AvgIpc) is 3.17. The molecule has 4 heterocycles. The third-order valence-electron chi connectivity index (χ3n) is 6.59. The number of anilines is 1. The summed E-state index contributed by atoms with van der Waals surface area (Å²) in [5.74, 6) is -0.668. The Morgan fingerprint density at radius 3 is 2.62 bits per heavy atom. The quantitative estimate of drug-likeness (QED) is 0.272. The van der Waals surface area contributed by atoms with Gasteiger partial charge in [0.2, 0.25) is 0 Å². The van der Waals surface area contributed by atoms with E-state index in [0.717, 1.165) is 17.3 Å². The summed E-state index contributed by atoms with van der Waals surface area (Å²) in [4.78, 5) is 60.1. The number of carboxylic acids is 1. The molecule has 1 N–H and O–H groups in total. The van der Waals surface area contributed by atoms with Crippen LogP contribution in [-0.4, -0.2) is 85.9 Å². The number of carboxylic acid groups (broad SMARTS) is 1. The van der Waals surface area contributed by atoms with Crippen molar-refractivity contribution < 1.29 is 24.2 Å². The Hall–Kier alpha value is -3.45. The SMILES string of the molecule is CCOC(=O)N1CCN(c2nc3c(C)cccn3c(=O)c2/C=C2/SC(=S)N(CCCCCC(=O)O)C2=O)CC1. The number of carbonyl (C=O) groups is 3. The molecule has 0 bridgehead atoms. The molecule has 2 aliphatic heterocycles. The highest BCUT2D eigenvalue weighted by molar-refractivity contribution is 8.26. The number of hydrogen-bond donors (Lipinski definition) is 1. The Morgan fingerprint density at radius 2 is 1.92 bits per heavy atom. The number of fused-ring (bicyclic) bond motifs is 1. The van der Waals surface area contributed by atoms with E-state index in [1.54, 1.807) is 30.2 Å². The minimum Gasteiger partial charge on any atom is -0.481 e. The maximum Gasteiger partial charge on any atom is 0.409 e. The highest BCUT2D eigenvalue weighted by Crippen LogP contribution is 2.34. The third-order valence-corrected chi connectivity index (χ3v) is 7.97. The maximum absolute atomic E-state index is 13.7. The van der Waals surface area contributed by atoms with Crippen LogP contribution in [0.25, 0.3) is 11.7 Å². The largest absolute Gasteiger partial charge is 0.481 e. The topological polar surface area (TPSA) is 125 Å². The van der Waals surface area contributed by atoms with Crippen molar-refractivity contribution in [2.45, 2.75) is 39.5 Å². The molecular formula is C26H31N5O6S2. The number of pyridine rings is 1. The predicted molar refractivity (Wildman–Crippen MR) is 153 cm³/mol. The number of thioether (sulfide) groups is 1. The van der Waals surface area contributed by atoms with Crippen LogP contribution in [0.5, 0.6) is 0 Å². The van der Waals surface area contributed by atoms with Crippen molar-refractivity contribution >= 4 is 63.8 Å². The lowest BCUT2D eigenvalue weighted by molar-refractivity contribution is -0.137. The molecule has 0 aliphatic carbocycles. The number of nitrogens with zero attached hydrogens (tertiary/aromatic N) is 5. The summed E-state index contributed by atoms with van der Waals surface area (Å²) in [6, 6.07) is 3.66. The van der Waals surface area contributed by atoms with Gasteiger partial charge in [-0.1, -0.05) is 36.5 Å². The number of ether oxygens (including phenoxy) is 1. The van der Waals surface area contributed by atoms with Gasteiger partial charge in [0.25, 0.3) is 11.5 Å². The van der Waals surface area contributed by atoms with Crippen molar-refractivity contribution in [2.75, 3.05) is 44.2 Å². The van der Waals surface area contributed by atoms with Crippen molar-refractivity contribution in [1.82, 2.24) is 19.2 Å². The van der Waals surface area contributed by atoms with E-state index >= 15 is 0 Å². The number of unbranched alkanes of at least 4 members (excludes halogenated alkanes) is 2. The summed E-state index contributed by atoms with van der Waals surface area (Å²) in [6.07, 6.45) is 4.77. The van der Waals surface area contributed by atoms with Crippen LogP contribution >= 0.6 is 24.0 Å². The minimum absolute atomic E-state index is 0.0908. The molecule has 0 saturated carbocycles. The van der Waals surface area contributed by atoms with Crippen LogP contribution in [0.4, 0.5) is 10.6 Å². The van der Waals surface area contributed by atoms with E-state index in [-0.39, 0.29) is 29.5 Å². The van der Waals surface area contributed by atoms with Crippen molar-refractivity contribution in [2.24, 2.45) is 0 Å². The van der Waals surface area contributed by atoms with Crippen LogP contribution in [0, 0.1) is 6.92 Å². The molecule has 0 aromatic carbocycles. The summed E-state index contributed by atoms with van der Waals surface area (Å²) >= 11 is 6.59. The number of thiocarbonyl (C=S) groups is 1. The van der Waals surface area contributed by atoms with Crippen LogP contribution in [-0.2, 0) is 14.3 Å². The van der Waals surface area contributed by atoms with E-state index in [1.807, 2.05) is 17.9 Å². The van der Waals surface area contributed by atoms with Crippen LogP contribution in [0.15, 0.2) is 28.0 Å². The van der Waals surface area contributed by atoms with Crippen molar-refractivity contribution in [1.29, 1.82) is 0 Å². The van der Waals surface area contributed by atoms with Gasteiger partial charge in [0, 0.05) is 45.3 Å². The third kappa shape index (κ3) is 6.41. The van der Waals surface area contributed by atoms with Gasteiger partial charge in [0.1, 0.15) is 15.8 Å². The van der Waals surface area contributed by atoms with Crippen LogP contribution in [0.3, 0.4) is 0 Å². The number of piperazine rings is 1. The molecule has 2 aromatic heterocycles. The standard InChI is InChI=1S/C26H31N5O6S2/c1-3-37-25(36)29-14-12-28(13-15-29)22-18(23(34)30-11-7-8-17(2)21(30)27-22)16-19-24(35)31(26(38)39-19)10-6-4-5-9-20(32)33/h7-8,11,16H,3-6,9-10,12-15H2,1-2H3,(H,32,33)/b19-16+. The first kappa shape index (κ1) is 28.6. The molecule has 2 amide bonds. The maximum atomic E-state index is 13.7. The molecule has 0 unspecified atom stereocenters. The predicted octanol–water partition coefficient (Wildman–Crippen LogP) is 3.13. The summed E-state index contributed by atoms with van der Waals surface area (Å²) in [6.45, 7) is 6.05. The molecule has 4 rings (SSSR count). The molecule has 208 valence electrons. The lowest BCUT2D eigenvalue weighted by Gasteiger charge is -2.35. The van der Waals surface area contributed by atoms with E-state index in [2.05, 4.69) is 0 Å². The molecule has 2 aliphatic rings. The second kappa shape index (κ2) is 12.6. The number of carbonyl (C=O) groups excluding carboxylic acids is 2. The molecule has 2 fully saturated rings. The molecular weight excluding hydrogens is 542 g/mol. The van der Waals surface area contributed by atoms with Gasteiger partial charge in [-0.05, 0) is 44.4 Å². The monoisotopic (exact) mass is 573 g/mol. The van der Waals surface area contributed by atoms with E-state index in [4.69, 9.17) is 27.0 Å². The fourth-order valence-corrected chi connectivity index (χ4v) is 5.82. The minimum atomic E-state index is -0.841. The van der Waals surface area contributed by atoms with Crippen LogP contribution in [0.1, 0.15) is 43.7 Å². The number of hydrogen-bond acceptors (Lipinski definition) is 9. The first-order valence-corrected chi connectivity index (χ1v) is 14.1. The van der Waals surface area contributed by atoms with E-state index < -0.39 is 5.97 Å². The van der Waals surface area contributed by atoms with E-state index in [1.165, 1.54) is 9.30 Å². The Labute approximate surface area is 235 Å². The fraction of sp³-hybridized carbons (Fsp3) is 0.462. The van der Waals surface area contributed by atoms with Crippen molar-refractivity contribution in [3.8, 4) is 0 Å². The fourth-order valence-electron chi connectivity index (χ4n) is 4.53. The second-order valence-corrected chi connectivity index (χ2v) is 10.9. The molecule has 0 spiro atoms. The van der Waals surface area contributed by atoms with Crippen molar-refractivity contribution in [3.63, 3.8) is 0 Å². The van der Waals surface area contributed by atoms with Gasteiger partial charge in [-0.2, -0.15) is 0 Å². The summed E-state index contributed by atoms with van der Waals surface area (Å²) < 4.78 is 6.99. The zero-order valence-corrected chi connectivity index (χ0v) is 23.6. The van der Waals surface area contributed by atoms with Gasteiger partial charge in [-0.25, -0.2) is 9.78 Å². The molecule has 11 nitrogen and oxygen atoms in total. The summed E-state index contributed by atoms with van der Waals surface area (Å²) in [5.41, 5.74) is 1.34. The number of amides is 2. The second-order valence-electron chi connectivity index (χ2n) is 9.25. The van der Waals surface area contributed by atoms with Gasteiger partial charge in [0.15, 0.2) is 0 Å². The van der Waals surface area contributed by atoms with Crippen LogP contribution < -0.4 is 10.5 Å². The molecule has 39 heavy (non-hydrogen) atoms.